The molecule has 0 unspecified atom stereocenters. The highest BCUT2D eigenvalue weighted by Crippen LogP contribution is 2.60. The molecule has 4 aliphatic rings. The lowest BCUT2D eigenvalue weighted by Gasteiger charge is -2.54. The highest BCUT2D eigenvalue weighted by molar-refractivity contribution is 5.86. The maximum Gasteiger partial charge on any atom is 0.515 e. The summed E-state index contributed by atoms with van der Waals surface area (Å²) < 4.78 is 9.19. The summed E-state index contributed by atoms with van der Waals surface area (Å²) in [7, 11) is 1.23. The van der Waals surface area contributed by atoms with E-state index >= 15 is 0 Å². The van der Waals surface area contributed by atoms with E-state index in [9.17, 15) is 9.59 Å². The lowest BCUT2D eigenvalue weighted by atomic mass is 9.49. The molecule has 94 valence electrons. The van der Waals surface area contributed by atoms with Gasteiger partial charge < -0.3 is 9.47 Å². The molecule has 0 spiro atoms. The Kier molecular flexibility index (Phi) is 2.42. The van der Waals surface area contributed by atoms with Crippen LogP contribution in [0.15, 0.2) is 0 Å². The third-order valence-corrected chi connectivity index (χ3v) is 4.81. The maximum absolute atomic E-state index is 12.1. The Morgan fingerprint density at radius 3 is 1.88 bits per heavy atom. The number of rotatable bonds is 1. The fourth-order valence-electron chi connectivity index (χ4n) is 4.59. The van der Waals surface area contributed by atoms with Crippen LogP contribution in [-0.2, 0) is 14.3 Å². The van der Waals surface area contributed by atoms with E-state index in [2.05, 4.69) is 4.74 Å². The maximum atomic E-state index is 12.1. The zero-order valence-corrected chi connectivity index (χ0v) is 10.1. The summed E-state index contributed by atoms with van der Waals surface area (Å²) >= 11 is 0. The first-order valence-corrected chi connectivity index (χ1v) is 6.41. The number of methoxy groups -OCH3 is 1. The van der Waals surface area contributed by atoms with Crippen LogP contribution >= 0.6 is 0 Å². The molecule has 4 aliphatic carbocycles. The van der Waals surface area contributed by atoms with Gasteiger partial charge in [-0.1, -0.05) is 0 Å². The van der Waals surface area contributed by atoms with Crippen LogP contribution in [0.5, 0.6) is 0 Å². The predicted molar refractivity (Wildman–Crippen MR) is 59.1 cm³/mol. The summed E-state index contributed by atoms with van der Waals surface area (Å²) in [4.78, 5) is 23.2. The Bertz CT molecular complexity index is 325. The van der Waals surface area contributed by atoms with Gasteiger partial charge >= 0.3 is 12.1 Å². The van der Waals surface area contributed by atoms with Gasteiger partial charge in [0, 0.05) is 0 Å². The van der Waals surface area contributed by atoms with Gasteiger partial charge in [-0.05, 0) is 56.3 Å². The number of carbonyl (C=O) groups is 2. The van der Waals surface area contributed by atoms with E-state index in [0.29, 0.717) is 17.8 Å². The monoisotopic (exact) mass is 238 g/mol. The second kappa shape index (κ2) is 3.72. The van der Waals surface area contributed by atoms with Gasteiger partial charge in [0.15, 0.2) is 0 Å². The minimum absolute atomic E-state index is 0.344. The lowest BCUT2D eigenvalue weighted by molar-refractivity contribution is -0.166. The van der Waals surface area contributed by atoms with Crippen LogP contribution in [0.25, 0.3) is 0 Å². The Balaban J connectivity index is 1.77. The molecule has 0 aromatic carbocycles. The van der Waals surface area contributed by atoms with Crippen molar-refractivity contribution in [2.24, 2.45) is 23.2 Å². The second-order valence-electron chi connectivity index (χ2n) is 6.04. The molecule has 0 N–H and O–H groups in total. The minimum atomic E-state index is -0.870. The van der Waals surface area contributed by atoms with Gasteiger partial charge in [-0.2, -0.15) is 0 Å². The van der Waals surface area contributed by atoms with Crippen LogP contribution in [0, 0.1) is 23.2 Å². The highest BCUT2D eigenvalue weighted by Gasteiger charge is 2.56. The first kappa shape index (κ1) is 11.1. The summed E-state index contributed by atoms with van der Waals surface area (Å²) in [5.74, 6) is 1.67. The van der Waals surface area contributed by atoms with E-state index in [1.807, 2.05) is 0 Å². The first-order chi connectivity index (χ1) is 8.11. The first-order valence-electron chi connectivity index (χ1n) is 6.41. The van der Waals surface area contributed by atoms with Crippen molar-refractivity contribution in [3.8, 4) is 0 Å². The average Bonchev–Trinajstić information content (AvgIpc) is 2.26. The topological polar surface area (TPSA) is 52.6 Å². The molecule has 17 heavy (non-hydrogen) atoms. The molecule has 0 aromatic rings. The van der Waals surface area contributed by atoms with Crippen molar-refractivity contribution in [2.75, 3.05) is 7.11 Å². The fourth-order valence-corrected chi connectivity index (χ4v) is 4.59. The van der Waals surface area contributed by atoms with E-state index in [0.717, 1.165) is 19.3 Å². The summed E-state index contributed by atoms with van der Waals surface area (Å²) in [5, 5.41) is 0. The number of ether oxygens (including phenoxy) is 2. The molecule has 0 heterocycles. The normalized spacial score (nSPS) is 42.3. The Labute approximate surface area is 101 Å². The third-order valence-electron chi connectivity index (χ3n) is 4.81. The number of hydrogen-bond donors (Lipinski definition) is 0. The highest BCUT2D eigenvalue weighted by atomic mass is 16.7. The molecule has 0 radical (unpaired) electrons. The van der Waals surface area contributed by atoms with Crippen LogP contribution in [0.3, 0.4) is 0 Å². The fraction of sp³-hybridized carbons (Fsp3) is 0.846. The Hall–Kier alpha value is -1.06. The van der Waals surface area contributed by atoms with Crippen LogP contribution in [0.2, 0.25) is 0 Å². The van der Waals surface area contributed by atoms with E-state index in [-0.39, 0.29) is 11.4 Å². The molecule has 0 atom stereocenters. The van der Waals surface area contributed by atoms with E-state index < -0.39 is 6.16 Å². The van der Waals surface area contributed by atoms with Crippen LogP contribution in [0.4, 0.5) is 4.79 Å². The summed E-state index contributed by atoms with van der Waals surface area (Å²) in [6.07, 6.45) is 5.67. The van der Waals surface area contributed by atoms with Crippen LogP contribution in [0.1, 0.15) is 38.5 Å². The Morgan fingerprint density at radius 2 is 1.47 bits per heavy atom. The van der Waals surface area contributed by atoms with E-state index in [1.54, 1.807) is 0 Å². The molecule has 4 fully saturated rings. The van der Waals surface area contributed by atoms with Gasteiger partial charge in [-0.15, -0.1) is 0 Å². The lowest BCUT2D eigenvalue weighted by Crippen LogP contribution is -2.50. The molecule has 4 bridgehead atoms. The summed E-state index contributed by atoms with van der Waals surface area (Å²) in [5.41, 5.74) is -0.372. The quantitative estimate of drug-likeness (QED) is 0.520. The zero-order valence-electron chi connectivity index (χ0n) is 10.1. The molecule has 4 heteroatoms. The smallest absolute Gasteiger partial charge is 0.437 e. The van der Waals surface area contributed by atoms with Crippen LogP contribution in [-0.4, -0.2) is 19.2 Å². The summed E-state index contributed by atoms with van der Waals surface area (Å²) in [6, 6.07) is 0. The standard InChI is InChI=1S/C13H18O4/c1-16-12(15)17-11(14)13-5-8-2-9(6-13)4-10(3-8)7-13/h8-10H,2-7H2,1H3. The van der Waals surface area contributed by atoms with Crippen molar-refractivity contribution >= 4 is 12.1 Å². The molecule has 0 aromatic heterocycles. The number of carbonyl (C=O) groups excluding carboxylic acids is 2. The van der Waals surface area contributed by atoms with Gasteiger partial charge in [-0.25, -0.2) is 4.79 Å². The predicted octanol–water partition coefficient (Wildman–Crippen LogP) is 2.51. The molecular formula is C13H18O4. The van der Waals surface area contributed by atoms with Crippen molar-refractivity contribution < 1.29 is 19.1 Å². The largest absolute Gasteiger partial charge is 0.515 e. The van der Waals surface area contributed by atoms with Crippen molar-refractivity contribution in [3.63, 3.8) is 0 Å². The number of hydrogen-bond acceptors (Lipinski definition) is 4. The van der Waals surface area contributed by atoms with Crippen molar-refractivity contribution in [1.82, 2.24) is 0 Å². The van der Waals surface area contributed by atoms with Gasteiger partial charge in [-0.3, -0.25) is 4.79 Å². The molecule has 0 amide bonds. The van der Waals surface area contributed by atoms with Crippen LogP contribution < -0.4 is 0 Å². The zero-order chi connectivity index (χ0) is 12.0. The van der Waals surface area contributed by atoms with E-state index in [4.69, 9.17) is 4.74 Å². The van der Waals surface area contributed by atoms with E-state index in [1.165, 1.54) is 26.4 Å². The van der Waals surface area contributed by atoms with Gasteiger partial charge in [0.1, 0.15) is 0 Å². The molecule has 4 nitrogen and oxygen atoms in total. The molecular weight excluding hydrogens is 220 g/mol. The van der Waals surface area contributed by atoms with Crippen molar-refractivity contribution in [2.45, 2.75) is 38.5 Å². The van der Waals surface area contributed by atoms with Gasteiger partial charge in [0.05, 0.1) is 12.5 Å². The van der Waals surface area contributed by atoms with Crippen molar-refractivity contribution in [3.05, 3.63) is 0 Å². The van der Waals surface area contributed by atoms with Gasteiger partial charge in [0.25, 0.3) is 0 Å². The SMILES string of the molecule is COC(=O)OC(=O)C12CC3CC(CC(C3)C1)C2. The third kappa shape index (κ3) is 1.74. The Morgan fingerprint density at radius 1 is 1.00 bits per heavy atom. The molecule has 4 saturated carbocycles. The molecule has 0 aliphatic heterocycles. The molecule has 0 saturated heterocycles. The minimum Gasteiger partial charge on any atom is -0.437 e. The van der Waals surface area contributed by atoms with Gasteiger partial charge in [0.2, 0.25) is 0 Å². The van der Waals surface area contributed by atoms with Crippen molar-refractivity contribution in [1.29, 1.82) is 0 Å². The summed E-state index contributed by atoms with van der Waals surface area (Å²) in [6.45, 7) is 0. The second-order valence-corrected chi connectivity index (χ2v) is 6.04. The average molecular weight is 238 g/mol. The molecule has 4 rings (SSSR count). The number of esters is 1.